The minimum atomic E-state index is -0.148. The van der Waals surface area contributed by atoms with Crippen molar-refractivity contribution in [3.63, 3.8) is 0 Å². The molecule has 3 N–H and O–H groups in total. The molecule has 16 heavy (non-hydrogen) atoms. The fraction of sp³-hybridized carbons (Fsp3) is 0.917. The van der Waals surface area contributed by atoms with E-state index in [0.717, 1.165) is 6.54 Å². The highest BCUT2D eigenvalue weighted by molar-refractivity contribution is 5.79. The summed E-state index contributed by atoms with van der Waals surface area (Å²) in [5.41, 5.74) is 6.12. The van der Waals surface area contributed by atoms with Crippen molar-refractivity contribution in [3.05, 3.63) is 0 Å². The van der Waals surface area contributed by atoms with Gasteiger partial charge >= 0.3 is 0 Å². The molecule has 2 atom stereocenters. The standard InChI is InChI=1S/C12H22N2O2/c1-12(4-2-3-5-12)8-14-11(15)9-6-16-7-10(9)13/h9-10H,2-8,13H2,1H3,(H,14,15). The van der Waals surface area contributed by atoms with Crippen LogP contribution in [-0.4, -0.2) is 31.7 Å². The molecule has 0 aromatic carbocycles. The lowest BCUT2D eigenvalue weighted by Crippen LogP contribution is -2.44. The molecule has 2 rings (SSSR count). The van der Waals surface area contributed by atoms with Gasteiger partial charge in [0.15, 0.2) is 0 Å². The number of carbonyl (C=O) groups is 1. The van der Waals surface area contributed by atoms with E-state index in [1.807, 2.05) is 0 Å². The molecule has 1 saturated heterocycles. The lowest BCUT2D eigenvalue weighted by atomic mass is 9.88. The first-order valence-electron chi connectivity index (χ1n) is 6.22. The number of hydrogen-bond acceptors (Lipinski definition) is 3. The maximum atomic E-state index is 11.9. The molecule has 4 nitrogen and oxygen atoms in total. The molecule has 0 radical (unpaired) electrons. The van der Waals surface area contributed by atoms with Crippen LogP contribution in [0.5, 0.6) is 0 Å². The molecular formula is C12H22N2O2. The van der Waals surface area contributed by atoms with Crippen LogP contribution in [0.15, 0.2) is 0 Å². The first-order valence-corrected chi connectivity index (χ1v) is 6.22. The smallest absolute Gasteiger partial charge is 0.227 e. The number of nitrogens with two attached hydrogens (primary N) is 1. The number of amides is 1. The van der Waals surface area contributed by atoms with Gasteiger partial charge in [-0.3, -0.25) is 4.79 Å². The van der Waals surface area contributed by atoms with Gasteiger partial charge in [-0.05, 0) is 18.3 Å². The molecule has 1 aliphatic carbocycles. The van der Waals surface area contributed by atoms with Crippen LogP contribution >= 0.6 is 0 Å². The lowest BCUT2D eigenvalue weighted by Gasteiger charge is -2.25. The van der Waals surface area contributed by atoms with Gasteiger partial charge in [0.05, 0.1) is 19.1 Å². The fourth-order valence-corrected chi connectivity index (χ4v) is 2.68. The van der Waals surface area contributed by atoms with E-state index in [0.29, 0.717) is 18.6 Å². The summed E-state index contributed by atoms with van der Waals surface area (Å²) in [4.78, 5) is 11.9. The summed E-state index contributed by atoms with van der Waals surface area (Å²) in [5, 5.41) is 3.04. The Labute approximate surface area is 96.9 Å². The summed E-state index contributed by atoms with van der Waals surface area (Å²) in [6, 6.07) is -0.128. The van der Waals surface area contributed by atoms with E-state index in [9.17, 15) is 4.79 Å². The van der Waals surface area contributed by atoms with Crippen molar-refractivity contribution in [1.82, 2.24) is 5.32 Å². The van der Waals surface area contributed by atoms with Crippen LogP contribution in [0.4, 0.5) is 0 Å². The first-order chi connectivity index (χ1) is 7.61. The van der Waals surface area contributed by atoms with Crippen LogP contribution in [0, 0.1) is 11.3 Å². The topological polar surface area (TPSA) is 64.3 Å². The van der Waals surface area contributed by atoms with Gasteiger partial charge < -0.3 is 15.8 Å². The molecule has 1 aliphatic heterocycles. The first kappa shape index (κ1) is 11.9. The second-order valence-electron chi connectivity index (χ2n) is 5.54. The molecule has 92 valence electrons. The Morgan fingerprint density at radius 3 is 2.69 bits per heavy atom. The van der Waals surface area contributed by atoms with E-state index in [1.54, 1.807) is 0 Å². The van der Waals surface area contributed by atoms with Crippen LogP contribution in [0.25, 0.3) is 0 Å². The van der Waals surface area contributed by atoms with Gasteiger partial charge in [0.25, 0.3) is 0 Å². The fourth-order valence-electron chi connectivity index (χ4n) is 2.68. The highest BCUT2D eigenvalue weighted by Gasteiger charge is 2.34. The predicted octanol–water partition coefficient (Wildman–Crippen LogP) is 0.657. The van der Waals surface area contributed by atoms with E-state index < -0.39 is 0 Å². The van der Waals surface area contributed by atoms with Crippen LogP contribution in [0.3, 0.4) is 0 Å². The second-order valence-corrected chi connectivity index (χ2v) is 5.54. The zero-order valence-corrected chi connectivity index (χ0v) is 10.00. The maximum Gasteiger partial charge on any atom is 0.227 e. The van der Waals surface area contributed by atoms with Gasteiger partial charge in [-0.2, -0.15) is 0 Å². The SMILES string of the molecule is CC1(CNC(=O)C2COCC2N)CCCC1. The van der Waals surface area contributed by atoms with Crippen molar-refractivity contribution < 1.29 is 9.53 Å². The normalized spacial score (nSPS) is 32.9. The third kappa shape index (κ3) is 2.55. The summed E-state index contributed by atoms with van der Waals surface area (Å²) in [6.07, 6.45) is 5.03. The average Bonchev–Trinajstić information content (AvgIpc) is 2.85. The molecule has 2 aliphatic rings. The van der Waals surface area contributed by atoms with Gasteiger partial charge in [-0.1, -0.05) is 19.8 Å². The van der Waals surface area contributed by atoms with E-state index in [4.69, 9.17) is 10.5 Å². The molecule has 0 bridgehead atoms. The van der Waals surface area contributed by atoms with Crippen LogP contribution < -0.4 is 11.1 Å². The molecule has 1 amide bonds. The Hall–Kier alpha value is -0.610. The quantitative estimate of drug-likeness (QED) is 0.743. The minimum absolute atomic E-state index is 0.0677. The number of ether oxygens (including phenoxy) is 1. The van der Waals surface area contributed by atoms with Crippen LogP contribution in [0.2, 0.25) is 0 Å². The van der Waals surface area contributed by atoms with Gasteiger partial charge in [0.1, 0.15) is 0 Å². The molecule has 2 fully saturated rings. The summed E-state index contributed by atoms with van der Waals surface area (Å²) in [5.74, 6) is -0.0804. The van der Waals surface area contributed by atoms with Gasteiger partial charge in [-0.15, -0.1) is 0 Å². The molecular weight excluding hydrogens is 204 g/mol. The summed E-state index contributed by atoms with van der Waals surface area (Å²) >= 11 is 0. The Morgan fingerprint density at radius 2 is 2.12 bits per heavy atom. The van der Waals surface area contributed by atoms with E-state index in [-0.39, 0.29) is 17.9 Å². The van der Waals surface area contributed by atoms with Gasteiger partial charge in [-0.25, -0.2) is 0 Å². The third-order valence-electron chi connectivity index (χ3n) is 3.96. The summed E-state index contributed by atoms with van der Waals surface area (Å²) in [6.45, 7) is 4.03. The maximum absolute atomic E-state index is 11.9. The van der Waals surface area contributed by atoms with Crippen molar-refractivity contribution >= 4 is 5.91 Å². The largest absolute Gasteiger partial charge is 0.379 e. The molecule has 4 heteroatoms. The predicted molar refractivity (Wildman–Crippen MR) is 61.9 cm³/mol. The lowest BCUT2D eigenvalue weighted by molar-refractivity contribution is -0.125. The zero-order chi connectivity index (χ0) is 11.6. The number of rotatable bonds is 3. The van der Waals surface area contributed by atoms with E-state index in [1.165, 1.54) is 25.7 Å². The van der Waals surface area contributed by atoms with Crippen molar-refractivity contribution in [3.8, 4) is 0 Å². The van der Waals surface area contributed by atoms with Crippen molar-refractivity contribution in [1.29, 1.82) is 0 Å². The van der Waals surface area contributed by atoms with Gasteiger partial charge in [0, 0.05) is 12.6 Å². The van der Waals surface area contributed by atoms with Crippen LogP contribution in [-0.2, 0) is 9.53 Å². The summed E-state index contributed by atoms with van der Waals surface area (Å²) < 4.78 is 5.20. The van der Waals surface area contributed by atoms with Crippen LogP contribution in [0.1, 0.15) is 32.6 Å². The van der Waals surface area contributed by atoms with Crippen molar-refractivity contribution in [2.24, 2.45) is 17.1 Å². The van der Waals surface area contributed by atoms with Gasteiger partial charge in [0.2, 0.25) is 5.91 Å². The average molecular weight is 226 g/mol. The van der Waals surface area contributed by atoms with E-state index in [2.05, 4.69) is 12.2 Å². The Balaban J connectivity index is 1.79. The Morgan fingerprint density at radius 1 is 1.44 bits per heavy atom. The Bertz CT molecular complexity index is 262. The zero-order valence-electron chi connectivity index (χ0n) is 10.00. The molecule has 1 heterocycles. The highest BCUT2D eigenvalue weighted by atomic mass is 16.5. The molecule has 2 unspecified atom stereocenters. The number of carbonyl (C=O) groups excluding carboxylic acids is 1. The molecule has 1 saturated carbocycles. The van der Waals surface area contributed by atoms with Crippen molar-refractivity contribution in [2.75, 3.05) is 19.8 Å². The third-order valence-corrected chi connectivity index (χ3v) is 3.96. The molecule has 0 aromatic heterocycles. The van der Waals surface area contributed by atoms with E-state index >= 15 is 0 Å². The van der Waals surface area contributed by atoms with Crippen molar-refractivity contribution in [2.45, 2.75) is 38.6 Å². The molecule has 0 spiro atoms. The highest BCUT2D eigenvalue weighted by Crippen LogP contribution is 2.36. The summed E-state index contributed by atoms with van der Waals surface area (Å²) in [7, 11) is 0. The minimum Gasteiger partial charge on any atom is -0.379 e. The second kappa shape index (κ2) is 4.72. The monoisotopic (exact) mass is 226 g/mol. The number of hydrogen-bond donors (Lipinski definition) is 2. The number of nitrogens with one attached hydrogen (secondary N) is 1. The Kier molecular flexibility index (Phi) is 3.50. The molecule has 0 aromatic rings.